The zero-order chi connectivity index (χ0) is 21.5. The van der Waals surface area contributed by atoms with Gasteiger partial charge in [0, 0.05) is 31.4 Å². The molecule has 3 rings (SSSR count). The Morgan fingerprint density at radius 3 is 2.47 bits per heavy atom. The molecule has 0 aliphatic carbocycles. The van der Waals surface area contributed by atoms with Gasteiger partial charge in [-0.3, -0.25) is 19.8 Å². The van der Waals surface area contributed by atoms with Gasteiger partial charge in [-0.2, -0.15) is 0 Å². The van der Waals surface area contributed by atoms with Gasteiger partial charge < -0.3 is 15.4 Å². The first-order chi connectivity index (χ1) is 14.5. The lowest BCUT2D eigenvalue weighted by Crippen LogP contribution is -2.37. The molecule has 0 bridgehead atoms. The van der Waals surface area contributed by atoms with E-state index in [4.69, 9.17) is 4.74 Å². The number of anilines is 1. The molecule has 0 spiro atoms. The number of amides is 1. The highest BCUT2D eigenvalue weighted by Gasteiger charge is 2.23. The predicted octanol–water partition coefficient (Wildman–Crippen LogP) is 3.60. The summed E-state index contributed by atoms with van der Waals surface area (Å²) in [5.74, 6) is 0.446. The number of non-ortho nitro benzene ring substituents is 1. The summed E-state index contributed by atoms with van der Waals surface area (Å²) in [4.78, 5) is 25.4. The number of nitrogens with one attached hydrogen (secondary N) is 2. The van der Waals surface area contributed by atoms with E-state index in [1.165, 1.54) is 25.6 Å². The number of ether oxygens (including phenoxy) is 1. The average molecular weight is 412 g/mol. The molecule has 1 amide bonds. The topological polar surface area (TPSA) is 96.7 Å². The first-order valence-electron chi connectivity index (χ1n) is 10.2. The van der Waals surface area contributed by atoms with Crippen molar-refractivity contribution in [3.63, 3.8) is 0 Å². The molecule has 1 aliphatic heterocycles. The Balaban J connectivity index is 1.85. The van der Waals surface area contributed by atoms with Crippen molar-refractivity contribution in [1.29, 1.82) is 0 Å². The Hall–Kier alpha value is -3.13. The van der Waals surface area contributed by atoms with Crippen molar-refractivity contribution in [2.45, 2.75) is 25.3 Å². The fourth-order valence-corrected chi connectivity index (χ4v) is 3.84. The van der Waals surface area contributed by atoms with Crippen LogP contribution in [0.5, 0.6) is 5.75 Å². The van der Waals surface area contributed by atoms with Crippen molar-refractivity contribution in [3.8, 4) is 5.75 Å². The van der Waals surface area contributed by atoms with Crippen molar-refractivity contribution in [2.24, 2.45) is 0 Å². The maximum atomic E-state index is 12.3. The van der Waals surface area contributed by atoms with Crippen LogP contribution in [-0.4, -0.2) is 49.5 Å². The Bertz CT molecular complexity index is 879. The third-order valence-electron chi connectivity index (χ3n) is 5.50. The maximum Gasteiger partial charge on any atom is 0.270 e. The molecular weight excluding hydrogens is 384 g/mol. The molecule has 1 fully saturated rings. The Morgan fingerprint density at radius 1 is 1.17 bits per heavy atom. The number of nitro groups is 1. The molecule has 2 aromatic carbocycles. The highest BCUT2D eigenvalue weighted by molar-refractivity contribution is 6.00. The summed E-state index contributed by atoms with van der Waals surface area (Å²) in [5.41, 5.74) is 1.89. The minimum Gasteiger partial charge on any atom is -0.497 e. The molecule has 8 heteroatoms. The minimum atomic E-state index is -0.496. The predicted molar refractivity (Wildman–Crippen MR) is 116 cm³/mol. The molecule has 0 radical (unpaired) electrons. The molecule has 2 N–H and O–H groups in total. The third-order valence-corrected chi connectivity index (χ3v) is 5.50. The van der Waals surface area contributed by atoms with Crippen LogP contribution in [0.4, 0.5) is 11.4 Å². The van der Waals surface area contributed by atoms with Crippen LogP contribution in [-0.2, 0) is 0 Å². The zero-order valence-corrected chi connectivity index (χ0v) is 17.4. The largest absolute Gasteiger partial charge is 0.497 e. The molecule has 160 valence electrons. The number of nitrogens with zero attached hydrogens (tertiary/aromatic N) is 2. The van der Waals surface area contributed by atoms with E-state index < -0.39 is 4.92 Å². The summed E-state index contributed by atoms with van der Waals surface area (Å²) in [6.45, 7) is 2.61. The molecule has 1 atom stereocenters. The van der Waals surface area contributed by atoms with Crippen molar-refractivity contribution >= 4 is 17.3 Å². The van der Waals surface area contributed by atoms with Crippen molar-refractivity contribution < 1.29 is 14.5 Å². The summed E-state index contributed by atoms with van der Waals surface area (Å²) in [6, 6.07) is 12.5. The van der Waals surface area contributed by atoms with Crippen LogP contribution in [0.3, 0.4) is 0 Å². The molecule has 1 saturated heterocycles. The molecule has 30 heavy (non-hydrogen) atoms. The summed E-state index contributed by atoms with van der Waals surface area (Å²) in [6.07, 6.45) is 3.56. The van der Waals surface area contributed by atoms with Gasteiger partial charge in [-0.1, -0.05) is 18.6 Å². The third kappa shape index (κ3) is 5.07. The van der Waals surface area contributed by atoms with Crippen LogP contribution >= 0.6 is 0 Å². The number of piperidine rings is 1. The van der Waals surface area contributed by atoms with E-state index in [1.54, 1.807) is 13.2 Å². The van der Waals surface area contributed by atoms with Gasteiger partial charge in [0.25, 0.3) is 11.6 Å². The lowest BCUT2D eigenvalue weighted by Gasteiger charge is -2.35. The smallest absolute Gasteiger partial charge is 0.270 e. The number of benzene rings is 2. The second-order valence-electron chi connectivity index (χ2n) is 7.33. The summed E-state index contributed by atoms with van der Waals surface area (Å²) < 4.78 is 5.28. The molecule has 0 saturated carbocycles. The van der Waals surface area contributed by atoms with Crippen molar-refractivity contribution in [2.75, 3.05) is 39.1 Å². The van der Waals surface area contributed by atoms with Crippen molar-refractivity contribution in [1.82, 2.24) is 10.2 Å². The van der Waals surface area contributed by atoms with Crippen LogP contribution in [0.1, 0.15) is 41.2 Å². The summed E-state index contributed by atoms with van der Waals surface area (Å²) >= 11 is 0. The monoisotopic (exact) mass is 412 g/mol. The Labute approximate surface area is 176 Å². The van der Waals surface area contributed by atoms with E-state index in [-0.39, 0.29) is 23.2 Å². The molecule has 1 unspecified atom stereocenters. The van der Waals surface area contributed by atoms with Crippen molar-refractivity contribution in [3.05, 3.63) is 63.7 Å². The molecule has 2 aromatic rings. The normalized spacial score (nSPS) is 15.3. The molecule has 1 heterocycles. The second-order valence-corrected chi connectivity index (χ2v) is 7.33. The fourth-order valence-electron chi connectivity index (χ4n) is 3.84. The second kappa shape index (κ2) is 10.1. The number of carbonyl (C=O) groups excluding carboxylic acids is 1. The molecule has 0 aromatic heterocycles. The van der Waals surface area contributed by atoms with E-state index in [1.807, 2.05) is 12.1 Å². The fraction of sp³-hybridized carbons (Fsp3) is 0.409. The number of hydrogen-bond donors (Lipinski definition) is 2. The highest BCUT2D eigenvalue weighted by Crippen LogP contribution is 2.28. The van der Waals surface area contributed by atoms with E-state index >= 15 is 0 Å². The van der Waals surface area contributed by atoms with E-state index in [0.717, 1.165) is 37.2 Å². The van der Waals surface area contributed by atoms with Crippen LogP contribution in [0.2, 0.25) is 0 Å². The number of rotatable bonds is 8. The van der Waals surface area contributed by atoms with Gasteiger partial charge in [-0.25, -0.2) is 0 Å². The molecule has 8 nitrogen and oxygen atoms in total. The maximum absolute atomic E-state index is 12.3. The number of nitro benzene ring substituents is 1. The first kappa shape index (κ1) is 21.6. The van der Waals surface area contributed by atoms with E-state index in [0.29, 0.717) is 12.2 Å². The molecular formula is C22H28N4O4. The first-order valence-corrected chi connectivity index (χ1v) is 10.2. The SMILES string of the molecule is CNC(=O)c1cc([N+](=O)[O-])ccc1NCC(c1ccc(OC)cc1)N1CCCCC1. The van der Waals surface area contributed by atoms with Gasteiger partial charge in [-0.15, -0.1) is 0 Å². The van der Waals surface area contributed by atoms with Gasteiger partial charge in [0.05, 0.1) is 23.6 Å². The minimum absolute atomic E-state index is 0.109. The van der Waals surface area contributed by atoms with Crippen LogP contribution < -0.4 is 15.4 Å². The number of hydrogen-bond acceptors (Lipinski definition) is 6. The molecule has 1 aliphatic rings. The van der Waals surface area contributed by atoms with Gasteiger partial charge >= 0.3 is 0 Å². The van der Waals surface area contributed by atoms with Gasteiger partial charge in [0.1, 0.15) is 5.75 Å². The van der Waals surface area contributed by atoms with E-state index in [2.05, 4.69) is 27.7 Å². The van der Waals surface area contributed by atoms with Crippen LogP contribution in [0, 0.1) is 10.1 Å². The summed E-state index contributed by atoms with van der Waals surface area (Å²) in [7, 11) is 3.16. The quantitative estimate of drug-likeness (QED) is 0.508. The zero-order valence-electron chi connectivity index (χ0n) is 17.4. The number of likely N-dealkylation sites (tertiary alicyclic amines) is 1. The highest BCUT2D eigenvalue weighted by atomic mass is 16.6. The van der Waals surface area contributed by atoms with Gasteiger partial charge in [0.15, 0.2) is 0 Å². The van der Waals surface area contributed by atoms with Gasteiger partial charge in [0.2, 0.25) is 0 Å². The van der Waals surface area contributed by atoms with Gasteiger partial charge in [-0.05, 0) is 49.7 Å². The Kier molecular flexibility index (Phi) is 7.24. The lowest BCUT2D eigenvalue weighted by atomic mass is 10.0. The van der Waals surface area contributed by atoms with Crippen LogP contribution in [0.25, 0.3) is 0 Å². The number of carbonyl (C=O) groups is 1. The Morgan fingerprint density at radius 2 is 1.87 bits per heavy atom. The van der Waals surface area contributed by atoms with E-state index in [9.17, 15) is 14.9 Å². The lowest BCUT2D eigenvalue weighted by molar-refractivity contribution is -0.384. The average Bonchev–Trinajstić information content (AvgIpc) is 2.79. The van der Waals surface area contributed by atoms with Crippen LogP contribution in [0.15, 0.2) is 42.5 Å². The number of methoxy groups -OCH3 is 1. The standard InChI is InChI=1S/C22H28N4O4/c1-23-22(27)19-14-17(26(28)29)8-11-20(19)24-15-21(25-12-4-3-5-13-25)16-6-9-18(30-2)10-7-16/h6-11,14,21,24H,3-5,12-13,15H2,1-2H3,(H,23,27). The summed E-state index contributed by atoms with van der Waals surface area (Å²) in [5, 5.41) is 17.0.